The summed E-state index contributed by atoms with van der Waals surface area (Å²) in [5, 5.41) is 8.33. The van der Waals surface area contributed by atoms with E-state index in [1.54, 1.807) is 6.07 Å². The molecule has 0 amide bonds. The van der Waals surface area contributed by atoms with Gasteiger partial charge in [0, 0.05) is 0 Å². The first kappa shape index (κ1) is 15.6. The molecule has 0 aliphatic rings. The molecule has 0 fully saturated rings. The van der Waals surface area contributed by atoms with Crippen LogP contribution in [-0.2, 0) is 15.0 Å². The van der Waals surface area contributed by atoms with E-state index in [0.717, 1.165) is 5.56 Å². The van der Waals surface area contributed by atoms with E-state index in [2.05, 4.69) is 38.4 Å². The smallest absolute Gasteiger partial charge is 0.304 e. The fourth-order valence-electron chi connectivity index (χ4n) is 2.17. The summed E-state index contributed by atoms with van der Waals surface area (Å²) in [4.78, 5) is 26.8. The van der Waals surface area contributed by atoms with Crippen molar-refractivity contribution in [2.75, 3.05) is 0 Å². The van der Waals surface area contributed by atoms with Crippen LogP contribution in [0.15, 0.2) is 22.6 Å². The highest BCUT2D eigenvalue weighted by Crippen LogP contribution is 2.32. The highest BCUT2D eigenvalue weighted by molar-refractivity contribution is 7.96. The second-order valence-electron chi connectivity index (χ2n) is 5.94. The van der Waals surface area contributed by atoms with Crippen molar-refractivity contribution in [1.82, 2.24) is 4.98 Å². The number of rotatable bonds is 4. The van der Waals surface area contributed by atoms with Crippen molar-refractivity contribution < 1.29 is 19.1 Å². The molecular weight excluding hydrogens is 290 g/mol. The van der Waals surface area contributed by atoms with E-state index >= 15 is 0 Å². The van der Waals surface area contributed by atoms with Gasteiger partial charge in [-0.05, 0) is 17.0 Å². The van der Waals surface area contributed by atoms with Gasteiger partial charge in [-0.15, -0.1) is 12.6 Å². The number of oxazole rings is 1. The van der Waals surface area contributed by atoms with Gasteiger partial charge >= 0.3 is 5.97 Å². The van der Waals surface area contributed by atoms with Crippen LogP contribution in [0, 0.1) is 0 Å². The maximum absolute atomic E-state index is 11.5. The minimum Gasteiger partial charge on any atom is -0.481 e. The Bertz CT molecular complexity index is 699. The van der Waals surface area contributed by atoms with E-state index in [1.165, 1.54) is 0 Å². The molecule has 1 heterocycles. The second kappa shape index (κ2) is 5.52. The topological polar surface area (TPSA) is 80.4 Å². The van der Waals surface area contributed by atoms with Crippen molar-refractivity contribution in [3.8, 4) is 0 Å². The van der Waals surface area contributed by atoms with E-state index in [-0.39, 0.29) is 17.7 Å². The number of aromatic nitrogens is 1. The molecule has 112 valence electrons. The summed E-state index contributed by atoms with van der Waals surface area (Å²) >= 11 is 3.74. The normalized spacial score (nSPS) is 13.3. The number of nitrogens with zero attached hydrogens (tertiary/aromatic N) is 1. The molecule has 21 heavy (non-hydrogen) atoms. The Kier molecular flexibility index (Phi) is 4.09. The van der Waals surface area contributed by atoms with Crippen LogP contribution in [0.2, 0.25) is 0 Å². The molecular formula is C15H17NO4S. The predicted molar refractivity (Wildman–Crippen MR) is 81.7 cm³/mol. The Hall–Kier alpha value is -1.82. The molecule has 1 atom stereocenters. The lowest BCUT2D eigenvalue weighted by Crippen LogP contribution is -2.13. The molecule has 2 rings (SSSR count). The number of thiol groups is 1. The predicted octanol–water partition coefficient (Wildman–Crippen LogP) is 3.14. The summed E-state index contributed by atoms with van der Waals surface area (Å²) < 4.78 is 5.58. The maximum atomic E-state index is 11.5. The first-order valence-electron chi connectivity index (χ1n) is 6.54. The Morgan fingerprint density at radius 2 is 2.05 bits per heavy atom. The van der Waals surface area contributed by atoms with E-state index < -0.39 is 17.0 Å². The van der Waals surface area contributed by atoms with Crippen LogP contribution in [0.3, 0.4) is 0 Å². The van der Waals surface area contributed by atoms with E-state index in [0.29, 0.717) is 11.1 Å². The van der Waals surface area contributed by atoms with E-state index in [9.17, 15) is 9.59 Å². The number of fused-ring (bicyclic) bond motifs is 1. The average Bonchev–Trinajstić information content (AvgIpc) is 2.76. The molecule has 0 bridgehead atoms. The van der Waals surface area contributed by atoms with Crippen LogP contribution in [0.25, 0.3) is 11.1 Å². The Labute approximate surface area is 127 Å². The standard InChI is InChI=1S/C15H17NO4S/c1-15(2,3)9-5-4-6-10-12(9)16-13(20-10)8(14(19)21)7-11(17)18/h4-6,8H,7H2,1-3H3,(H,17,18)(H,19,21). The van der Waals surface area contributed by atoms with Gasteiger partial charge in [0.15, 0.2) is 10.7 Å². The van der Waals surface area contributed by atoms with Gasteiger partial charge in [-0.25, -0.2) is 4.98 Å². The van der Waals surface area contributed by atoms with Crippen molar-refractivity contribution >= 4 is 34.8 Å². The second-order valence-corrected chi connectivity index (χ2v) is 6.38. The van der Waals surface area contributed by atoms with E-state index in [4.69, 9.17) is 9.52 Å². The zero-order valence-electron chi connectivity index (χ0n) is 12.1. The Morgan fingerprint density at radius 1 is 1.38 bits per heavy atom. The number of hydrogen-bond donors (Lipinski definition) is 2. The van der Waals surface area contributed by atoms with Gasteiger partial charge in [-0.2, -0.15) is 0 Å². The Balaban J connectivity index is 2.56. The summed E-state index contributed by atoms with van der Waals surface area (Å²) in [7, 11) is 0. The lowest BCUT2D eigenvalue weighted by molar-refractivity contribution is -0.138. The van der Waals surface area contributed by atoms with E-state index in [1.807, 2.05) is 12.1 Å². The van der Waals surface area contributed by atoms with Gasteiger partial charge in [-0.1, -0.05) is 32.9 Å². The van der Waals surface area contributed by atoms with Crippen molar-refractivity contribution in [3.63, 3.8) is 0 Å². The fraction of sp³-hybridized carbons (Fsp3) is 0.400. The number of aliphatic carboxylic acids is 1. The third-order valence-electron chi connectivity index (χ3n) is 3.22. The molecule has 1 aromatic carbocycles. The molecule has 0 aliphatic heterocycles. The molecule has 1 aromatic heterocycles. The van der Waals surface area contributed by atoms with Gasteiger partial charge < -0.3 is 9.52 Å². The summed E-state index contributed by atoms with van der Waals surface area (Å²) in [6.07, 6.45) is -0.389. The number of carbonyl (C=O) groups excluding carboxylic acids is 1. The summed E-state index contributed by atoms with van der Waals surface area (Å²) in [6, 6.07) is 5.55. The van der Waals surface area contributed by atoms with Crippen molar-refractivity contribution in [1.29, 1.82) is 0 Å². The minimum atomic E-state index is -1.10. The maximum Gasteiger partial charge on any atom is 0.304 e. The number of carboxylic acid groups (broad SMARTS) is 1. The molecule has 2 aromatic rings. The van der Waals surface area contributed by atoms with Crippen molar-refractivity contribution in [2.24, 2.45) is 0 Å². The van der Waals surface area contributed by atoms with Crippen LogP contribution in [-0.4, -0.2) is 21.2 Å². The zero-order valence-corrected chi connectivity index (χ0v) is 13.0. The molecule has 0 aliphatic carbocycles. The summed E-state index contributed by atoms with van der Waals surface area (Å²) in [5.41, 5.74) is 2.05. The van der Waals surface area contributed by atoms with Gasteiger partial charge in [0.1, 0.15) is 11.4 Å². The third-order valence-corrected chi connectivity index (χ3v) is 3.53. The Morgan fingerprint density at radius 3 is 2.57 bits per heavy atom. The van der Waals surface area contributed by atoms with Crippen LogP contribution in [0.5, 0.6) is 0 Å². The fourth-order valence-corrected chi connectivity index (χ4v) is 2.38. The average molecular weight is 307 g/mol. The number of para-hydroxylation sites is 1. The minimum absolute atomic E-state index is 0.101. The van der Waals surface area contributed by atoms with Crippen LogP contribution >= 0.6 is 12.6 Å². The number of carboxylic acids is 1. The van der Waals surface area contributed by atoms with Crippen molar-refractivity contribution in [2.45, 2.75) is 38.5 Å². The monoisotopic (exact) mass is 307 g/mol. The van der Waals surface area contributed by atoms with Gasteiger partial charge in [0.2, 0.25) is 5.89 Å². The first-order chi connectivity index (χ1) is 9.70. The molecule has 0 radical (unpaired) electrons. The zero-order chi connectivity index (χ0) is 15.8. The quantitative estimate of drug-likeness (QED) is 0.848. The lowest BCUT2D eigenvalue weighted by Gasteiger charge is -2.18. The summed E-state index contributed by atoms with van der Waals surface area (Å²) in [6.45, 7) is 6.15. The molecule has 5 nitrogen and oxygen atoms in total. The lowest BCUT2D eigenvalue weighted by atomic mass is 9.86. The van der Waals surface area contributed by atoms with Gasteiger partial charge in [0.05, 0.1) is 6.42 Å². The molecule has 1 unspecified atom stereocenters. The highest BCUT2D eigenvalue weighted by Gasteiger charge is 2.28. The number of carbonyl (C=O) groups is 2. The van der Waals surface area contributed by atoms with Gasteiger partial charge in [0.25, 0.3) is 0 Å². The molecule has 0 saturated carbocycles. The molecule has 0 saturated heterocycles. The van der Waals surface area contributed by atoms with Crippen LogP contribution in [0.1, 0.15) is 44.6 Å². The third kappa shape index (κ3) is 3.26. The molecule has 1 N–H and O–H groups in total. The van der Waals surface area contributed by atoms with Crippen LogP contribution in [0.4, 0.5) is 0 Å². The van der Waals surface area contributed by atoms with Gasteiger partial charge in [-0.3, -0.25) is 9.59 Å². The first-order valence-corrected chi connectivity index (χ1v) is 6.99. The number of benzene rings is 1. The number of hydrogen-bond acceptors (Lipinski definition) is 4. The SMILES string of the molecule is CC(C)(C)c1cccc2oc(C(CC(=O)O)C(=O)S)nc12. The highest BCUT2D eigenvalue weighted by atomic mass is 32.1. The summed E-state index contributed by atoms with van der Waals surface area (Å²) in [5.74, 6) is -1.98. The molecule has 6 heteroatoms. The van der Waals surface area contributed by atoms with Crippen LogP contribution < -0.4 is 0 Å². The van der Waals surface area contributed by atoms with Crippen molar-refractivity contribution in [3.05, 3.63) is 29.7 Å². The molecule has 0 spiro atoms. The largest absolute Gasteiger partial charge is 0.481 e.